The molecule has 29 heavy (non-hydrogen) atoms. The minimum absolute atomic E-state index is 0.116. The van der Waals surface area contributed by atoms with Gasteiger partial charge < -0.3 is 15.4 Å². The summed E-state index contributed by atoms with van der Waals surface area (Å²) in [7, 11) is 0. The molecular weight excluding hydrogens is 390 g/mol. The molecule has 2 aromatic rings. The predicted octanol–water partition coefficient (Wildman–Crippen LogP) is 2.57. The lowest BCUT2D eigenvalue weighted by molar-refractivity contribution is -0.121. The molecule has 3 rings (SSSR count). The molecule has 6 nitrogen and oxygen atoms in total. The van der Waals surface area contributed by atoms with Crippen LogP contribution in [0.4, 0.5) is 0 Å². The Morgan fingerprint density at radius 3 is 2.48 bits per heavy atom. The van der Waals surface area contributed by atoms with Gasteiger partial charge in [-0.2, -0.15) is 0 Å². The van der Waals surface area contributed by atoms with Gasteiger partial charge in [0, 0.05) is 19.6 Å². The summed E-state index contributed by atoms with van der Waals surface area (Å²) in [5.41, 5.74) is 2.55. The summed E-state index contributed by atoms with van der Waals surface area (Å²) in [5.74, 6) is -0.616. The summed E-state index contributed by atoms with van der Waals surface area (Å²) in [6.07, 6.45) is 0. The zero-order chi connectivity index (χ0) is 20.6. The van der Waals surface area contributed by atoms with Gasteiger partial charge in [-0.1, -0.05) is 53.6 Å². The molecule has 7 heteroatoms. The summed E-state index contributed by atoms with van der Waals surface area (Å²) in [6, 6.07) is 14.7. The van der Waals surface area contributed by atoms with Crippen molar-refractivity contribution in [3.8, 4) is 0 Å². The second-order valence-corrected chi connectivity index (χ2v) is 7.51. The normalized spacial score (nSPS) is 15.5. The van der Waals surface area contributed by atoms with Gasteiger partial charge in [-0.3, -0.25) is 14.5 Å². The van der Waals surface area contributed by atoms with Crippen molar-refractivity contribution in [2.24, 2.45) is 0 Å². The highest BCUT2D eigenvalue weighted by atomic mass is 35.5. The molecule has 1 atom stereocenters. The number of halogens is 1. The first-order valence-corrected chi connectivity index (χ1v) is 10.1. The summed E-state index contributed by atoms with van der Waals surface area (Å²) in [6.45, 7) is 5.67. The zero-order valence-corrected chi connectivity index (χ0v) is 17.2. The van der Waals surface area contributed by atoms with Crippen LogP contribution in [0, 0.1) is 6.92 Å². The molecule has 0 aromatic heterocycles. The smallest absolute Gasteiger partial charge is 0.253 e. The van der Waals surface area contributed by atoms with Crippen molar-refractivity contribution in [3.63, 3.8) is 0 Å². The lowest BCUT2D eigenvalue weighted by atomic mass is 10.0. The number of nitrogens with zero attached hydrogens (tertiary/aromatic N) is 1. The summed E-state index contributed by atoms with van der Waals surface area (Å²) in [5, 5.41) is 6.05. The Hall–Kier alpha value is -2.41. The van der Waals surface area contributed by atoms with Crippen molar-refractivity contribution in [3.05, 3.63) is 70.2 Å². The van der Waals surface area contributed by atoms with Gasteiger partial charge in [0.2, 0.25) is 5.91 Å². The van der Waals surface area contributed by atoms with E-state index in [1.165, 1.54) is 0 Å². The van der Waals surface area contributed by atoms with E-state index in [9.17, 15) is 9.59 Å². The third-order valence-corrected chi connectivity index (χ3v) is 5.22. The van der Waals surface area contributed by atoms with E-state index in [4.69, 9.17) is 16.3 Å². The molecular formula is C22H26ClN3O3. The highest BCUT2D eigenvalue weighted by molar-refractivity contribution is 6.33. The lowest BCUT2D eigenvalue weighted by Gasteiger charge is -2.31. The average molecular weight is 416 g/mol. The SMILES string of the molecule is Cc1ccc([C@@H](CN2CCOCC2)NC(=O)CNC(=O)c2ccccc2Cl)cc1. The number of morpholine rings is 1. The van der Waals surface area contributed by atoms with Crippen LogP contribution in [-0.2, 0) is 9.53 Å². The van der Waals surface area contributed by atoms with Crippen LogP contribution >= 0.6 is 11.6 Å². The van der Waals surface area contributed by atoms with E-state index in [-0.39, 0.29) is 24.4 Å². The van der Waals surface area contributed by atoms with Crippen molar-refractivity contribution in [1.29, 1.82) is 0 Å². The molecule has 154 valence electrons. The van der Waals surface area contributed by atoms with Gasteiger partial charge in [0.05, 0.1) is 36.4 Å². The average Bonchev–Trinajstić information content (AvgIpc) is 2.73. The monoisotopic (exact) mass is 415 g/mol. The first kappa shape index (κ1) is 21.3. The van der Waals surface area contributed by atoms with Crippen molar-refractivity contribution in [2.45, 2.75) is 13.0 Å². The van der Waals surface area contributed by atoms with Gasteiger partial charge in [-0.05, 0) is 24.6 Å². The quantitative estimate of drug-likeness (QED) is 0.729. The molecule has 1 saturated heterocycles. The Morgan fingerprint density at radius 1 is 1.10 bits per heavy atom. The van der Waals surface area contributed by atoms with E-state index >= 15 is 0 Å². The lowest BCUT2D eigenvalue weighted by Crippen LogP contribution is -2.45. The third-order valence-electron chi connectivity index (χ3n) is 4.89. The number of ether oxygens (including phenoxy) is 1. The van der Waals surface area contributed by atoms with Gasteiger partial charge in [-0.25, -0.2) is 0 Å². The Kier molecular flexibility index (Phi) is 7.63. The van der Waals surface area contributed by atoms with E-state index in [0.717, 1.165) is 24.2 Å². The molecule has 0 radical (unpaired) electrons. The molecule has 1 aliphatic rings. The first-order valence-electron chi connectivity index (χ1n) is 9.71. The van der Waals surface area contributed by atoms with Crippen LogP contribution in [0.15, 0.2) is 48.5 Å². The third kappa shape index (κ3) is 6.29. The molecule has 2 amide bonds. The number of aryl methyl sites for hydroxylation is 1. The number of nitrogens with one attached hydrogen (secondary N) is 2. The molecule has 1 fully saturated rings. The molecule has 0 aliphatic carbocycles. The van der Waals surface area contributed by atoms with Gasteiger partial charge in [0.15, 0.2) is 0 Å². The molecule has 1 heterocycles. The van der Waals surface area contributed by atoms with Gasteiger partial charge in [0.1, 0.15) is 0 Å². The molecule has 0 spiro atoms. The summed E-state index contributed by atoms with van der Waals surface area (Å²) in [4.78, 5) is 27.1. The Labute approximate surface area is 176 Å². The maximum Gasteiger partial charge on any atom is 0.253 e. The maximum absolute atomic E-state index is 12.6. The fourth-order valence-corrected chi connectivity index (χ4v) is 3.44. The van der Waals surface area contributed by atoms with Crippen LogP contribution in [-0.4, -0.2) is 56.1 Å². The maximum atomic E-state index is 12.6. The number of rotatable bonds is 7. The van der Waals surface area contributed by atoms with E-state index < -0.39 is 0 Å². The van der Waals surface area contributed by atoms with Crippen LogP contribution in [0.3, 0.4) is 0 Å². The highest BCUT2D eigenvalue weighted by Crippen LogP contribution is 2.17. The molecule has 0 saturated carbocycles. The van der Waals surface area contributed by atoms with Crippen LogP contribution in [0.1, 0.15) is 27.5 Å². The molecule has 1 aliphatic heterocycles. The van der Waals surface area contributed by atoms with E-state index in [1.807, 2.05) is 31.2 Å². The number of amides is 2. The minimum Gasteiger partial charge on any atom is -0.379 e. The number of carbonyl (C=O) groups excluding carboxylic acids is 2. The Morgan fingerprint density at radius 2 is 1.79 bits per heavy atom. The Bertz CT molecular complexity index is 835. The standard InChI is InChI=1S/C22H26ClN3O3/c1-16-6-8-17(9-7-16)20(15-26-10-12-29-13-11-26)25-21(27)14-24-22(28)18-4-2-3-5-19(18)23/h2-9,20H,10-15H2,1H3,(H,24,28)(H,25,27)/t20-/m1/s1. The molecule has 2 N–H and O–H groups in total. The van der Waals surface area contributed by atoms with E-state index in [0.29, 0.717) is 30.3 Å². The van der Waals surface area contributed by atoms with Crippen molar-refractivity contribution < 1.29 is 14.3 Å². The highest BCUT2D eigenvalue weighted by Gasteiger charge is 2.20. The van der Waals surface area contributed by atoms with Crippen LogP contribution in [0.5, 0.6) is 0 Å². The van der Waals surface area contributed by atoms with Gasteiger partial charge in [-0.15, -0.1) is 0 Å². The second-order valence-electron chi connectivity index (χ2n) is 7.11. The summed E-state index contributed by atoms with van der Waals surface area (Å²) < 4.78 is 5.41. The topological polar surface area (TPSA) is 70.7 Å². The van der Waals surface area contributed by atoms with Gasteiger partial charge in [0.25, 0.3) is 5.91 Å². The first-order chi connectivity index (χ1) is 14.0. The van der Waals surface area contributed by atoms with Gasteiger partial charge >= 0.3 is 0 Å². The fourth-order valence-electron chi connectivity index (χ4n) is 3.22. The molecule has 0 bridgehead atoms. The predicted molar refractivity (Wildman–Crippen MR) is 113 cm³/mol. The van der Waals surface area contributed by atoms with E-state index in [1.54, 1.807) is 24.3 Å². The summed E-state index contributed by atoms with van der Waals surface area (Å²) >= 11 is 6.04. The van der Waals surface area contributed by atoms with Crippen LogP contribution < -0.4 is 10.6 Å². The zero-order valence-electron chi connectivity index (χ0n) is 16.5. The minimum atomic E-state index is -0.370. The molecule has 2 aromatic carbocycles. The fraction of sp³-hybridized carbons (Fsp3) is 0.364. The molecule has 0 unspecified atom stereocenters. The second kappa shape index (κ2) is 10.4. The number of hydrogen-bond donors (Lipinski definition) is 2. The van der Waals surface area contributed by atoms with Crippen molar-refractivity contribution in [1.82, 2.24) is 15.5 Å². The van der Waals surface area contributed by atoms with Crippen molar-refractivity contribution >= 4 is 23.4 Å². The number of carbonyl (C=O) groups is 2. The number of hydrogen-bond acceptors (Lipinski definition) is 4. The van der Waals surface area contributed by atoms with E-state index in [2.05, 4.69) is 15.5 Å². The largest absolute Gasteiger partial charge is 0.379 e. The van der Waals surface area contributed by atoms with Crippen LogP contribution in [0.2, 0.25) is 5.02 Å². The van der Waals surface area contributed by atoms with Crippen LogP contribution in [0.25, 0.3) is 0 Å². The van der Waals surface area contributed by atoms with Crippen molar-refractivity contribution in [2.75, 3.05) is 39.4 Å². The number of benzene rings is 2. The Balaban J connectivity index is 1.61.